The lowest BCUT2D eigenvalue weighted by molar-refractivity contribution is 0.386. The van der Waals surface area contributed by atoms with Crippen LogP contribution in [-0.2, 0) is 0 Å². The molecule has 0 radical (unpaired) electrons. The normalized spacial score (nSPS) is 11.8. The maximum Gasteiger partial charge on any atom is 0.134 e. The van der Waals surface area contributed by atoms with E-state index in [0.29, 0.717) is 17.2 Å². The summed E-state index contributed by atoms with van der Waals surface area (Å²) in [7, 11) is 3.21. The van der Waals surface area contributed by atoms with Crippen LogP contribution in [0, 0.1) is 0 Å². The van der Waals surface area contributed by atoms with Crippen molar-refractivity contribution in [2.45, 2.75) is 13.0 Å². The summed E-state index contributed by atoms with van der Waals surface area (Å²) in [5.41, 5.74) is 6.90. The van der Waals surface area contributed by atoms with E-state index in [0.717, 1.165) is 11.3 Å². The van der Waals surface area contributed by atoms with Crippen molar-refractivity contribution in [2.75, 3.05) is 14.2 Å². The molecule has 0 spiro atoms. The highest BCUT2D eigenvalue weighted by Crippen LogP contribution is 2.33. The predicted octanol–water partition coefficient (Wildman–Crippen LogP) is 3.52. The third-order valence-corrected chi connectivity index (χ3v) is 2.96. The van der Waals surface area contributed by atoms with E-state index in [2.05, 4.69) is 0 Å². The third-order valence-electron chi connectivity index (χ3n) is 2.96. The molecule has 0 aliphatic carbocycles. The average Bonchev–Trinajstić information content (AvgIpc) is 2.47. The summed E-state index contributed by atoms with van der Waals surface area (Å²) in [6, 6.07) is 13.0. The minimum Gasteiger partial charge on any atom is -0.496 e. The monoisotopic (exact) mass is 273 g/mol. The summed E-state index contributed by atoms with van der Waals surface area (Å²) in [4.78, 5) is 0. The topological polar surface area (TPSA) is 53.7 Å². The molecule has 2 N–H and O–H groups in total. The van der Waals surface area contributed by atoms with Crippen LogP contribution >= 0.6 is 0 Å². The first-order valence-electron chi connectivity index (χ1n) is 6.39. The fraction of sp³-hybridized carbons (Fsp3) is 0.250. The summed E-state index contributed by atoms with van der Waals surface area (Å²) >= 11 is 0. The van der Waals surface area contributed by atoms with Gasteiger partial charge in [0.1, 0.15) is 23.0 Å². The van der Waals surface area contributed by atoms with Crippen LogP contribution in [0.2, 0.25) is 0 Å². The van der Waals surface area contributed by atoms with E-state index < -0.39 is 0 Å². The number of ether oxygens (including phenoxy) is 3. The van der Waals surface area contributed by atoms with Gasteiger partial charge in [0.15, 0.2) is 0 Å². The summed E-state index contributed by atoms with van der Waals surface area (Å²) in [5, 5.41) is 0. The Morgan fingerprint density at radius 2 is 1.45 bits per heavy atom. The quantitative estimate of drug-likeness (QED) is 0.905. The zero-order valence-electron chi connectivity index (χ0n) is 11.9. The second kappa shape index (κ2) is 6.30. The zero-order valence-corrected chi connectivity index (χ0v) is 11.9. The van der Waals surface area contributed by atoms with Crippen LogP contribution in [0.4, 0.5) is 0 Å². The predicted molar refractivity (Wildman–Crippen MR) is 78.7 cm³/mol. The summed E-state index contributed by atoms with van der Waals surface area (Å²) in [5.74, 6) is 2.74. The lowest BCUT2D eigenvalue weighted by Crippen LogP contribution is -2.06. The molecule has 0 heterocycles. The summed E-state index contributed by atoms with van der Waals surface area (Å²) in [6.45, 7) is 1.92. The SMILES string of the molecule is COc1cc(OC)cc(Oc2ccccc2C(C)N)c1. The van der Waals surface area contributed by atoms with Gasteiger partial charge in [0.25, 0.3) is 0 Å². The van der Waals surface area contributed by atoms with E-state index in [9.17, 15) is 0 Å². The van der Waals surface area contributed by atoms with Crippen molar-refractivity contribution in [3.63, 3.8) is 0 Å². The van der Waals surface area contributed by atoms with E-state index in [-0.39, 0.29) is 6.04 Å². The Bertz CT molecular complexity index is 559. The first kappa shape index (κ1) is 14.2. The molecule has 0 amide bonds. The molecule has 0 fully saturated rings. The molecule has 2 rings (SSSR count). The zero-order chi connectivity index (χ0) is 14.5. The Labute approximate surface area is 119 Å². The maximum atomic E-state index is 5.95. The van der Waals surface area contributed by atoms with Gasteiger partial charge in [0.05, 0.1) is 14.2 Å². The van der Waals surface area contributed by atoms with Gasteiger partial charge in [-0.15, -0.1) is 0 Å². The highest BCUT2D eigenvalue weighted by Gasteiger charge is 2.10. The van der Waals surface area contributed by atoms with Gasteiger partial charge in [-0.2, -0.15) is 0 Å². The number of methoxy groups -OCH3 is 2. The Hall–Kier alpha value is -2.20. The minimum absolute atomic E-state index is 0.0984. The molecule has 2 aromatic rings. The van der Waals surface area contributed by atoms with E-state index in [1.54, 1.807) is 32.4 Å². The Balaban J connectivity index is 2.34. The lowest BCUT2D eigenvalue weighted by atomic mass is 10.1. The van der Waals surface area contributed by atoms with Crippen molar-refractivity contribution in [1.29, 1.82) is 0 Å². The number of para-hydroxylation sites is 1. The molecule has 2 aromatic carbocycles. The molecule has 20 heavy (non-hydrogen) atoms. The molecule has 106 valence electrons. The fourth-order valence-electron chi connectivity index (χ4n) is 1.92. The summed E-state index contributed by atoms with van der Waals surface area (Å²) < 4.78 is 16.4. The molecule has 1 unspecified atom stereocenters. The van der Waals surface area contributed by atoms with Gasteiger partial charge < -0.3 is 19.9 Å². The highest BCUT2D eigenvalue weighted by molar-refractivity contribution is 5.45. The number of nitrogens with two attached hydrogens (primary N) is 1. The lowest BCUT2D eigenvalue weighted by Gasteiger charge is -2.14. The van der Waals surface area contributed by atoms with E-state index >= 15 is 0 Å². The van der Waals surface area contributed by atoms with Crippen LogP contribution in [0.3, 0.4) is 0 Å². The van der Waals surface area contributed by atoms with Crippen LogP contribution < -0.4 is 19.9 Å². The van der Waals surface area contributed by atoms with Crippen LogP contribution in [0.25, 0.3) is 0 Å². The molecule has 0 saturated heterocycles. The van der Waals surface area contributed by atoms with Crippen LogP contribution in [0.15, 0.2) is 42.5 Å². The number of benzene rings is 2. The molecule has 4 nitrogen and oxygen atoms in total. The van der Waals surface area contributed by atoms with Crippen molar-refractivity contribution < 1.29 is 14.2 Å². The van der Waals surface area contributed by atoms with E-state index in [1.165, 1.54) is 0 Å². The van der Waals surface area contributed by atoms with Crippen molar-refractivity contribution >= 4 is 0 Å². The number of hydrogen-bond donors (Lipinski definition) is 1. The van der Waals surface area contributed by atoms with Crippen molar-refractivity contribution in [1.82, 2.24) is 0 Å². The molecule has 0 aromatic heterocycles. The molecule has 4 heteroatoms. The van der Waals surface area contributed by atoms with Gasteiger partial charge in [-0.3, -0.25) is 0 Å². The molecular weight excluding hydrogens is 254 g/mol. The van der Waals surface area contributed by atoms with Gasteiger partial charge in [0.2, 0.25) is 0 Å². The standard InChI is InChI=1S/C16H19NO3/c1-11(17)15-6-4-5-7-16(15)20-14-9-12(18-2)8-13(10-14)19-3/h4-11H,17H2,1-3H3. The average molecular weight is 273 g/mol. The van der Waals surface area contributed by atoms with Crippen LogP contribution in [-0.4, -0.2) is 14.2 Å². The minimum atomic E-state index is -0.0984. The van der Waals surface area contributed by atoms with E-state index in [4.69, 9.17) is 19.9 Å². The second-order valence-electron chi connectivity index (χ2n) is 4.48. The van der Waals surface area contributed by atoms with Gasteiger partial charge in [-0.05, 0) is 13.0 Å². The molecule has 0 aliphatic rings. The largest absolute Gasteiger partial charge is 0.496 e. The first-order valence-corrected chi connectivity index (χ1v) is 6.39. The second-order valence-corrected chi connectivity index (χ2v) is 4.48. The highest BCUT2D eigenvalue weighted by atomic mass is 16.5. The van der Waals surface area contributed by atoms with Crippen LogP contribution in [0.1, 0.15) is 18.5 Å². The Morgan fingerprint density at radius 1 is 0.900 bits per heavy atom. The number of rotatable bonds is 5. The fourth-order valence-corrected chi connectivity index (χ4v) is 1.92. The third kappa shape index (κ3) is 3.22. The molecular formula is C16H19NO3. The van der Waals surface area contributed by atoms with E-state index in [1.807, 2.05) is 31.2 Å². The van der Waals surface area contributed by atoms with Crippen molar-refractivity contribution in [3.05, 3.63) is 48.0 Å². The van der Waals surface area contributed by atoms with Gasteiger partial charge in [-0.1, -0.05) is 18.2 Å². The number of hydrogen-bond acceptors (Lipinski definition) is 4. The van der Waals surface area contributed by atoms with Gasteiger partial charge in [-0.25, -0.2) is 0 Å². The van der Waals surface area contributed by atoms with Crippen molar-refractivity contribution in [2.24, 2.45) is 5.73 Å². The Kier molecular flexibility index (Phi) is 4.48. The Morgan fingerprint density at radius 3 is 2.00 bits per heavy atom. The summed E-state index contributed by atoms with van der Waals surface area (Å²) in [6.07, 6.45) is 0. The molecule has 0 aliphatic heterocycles. The maximum absolute atomic E-state index is 5.95. The van der Waals surface area contributed by atoms with Gasteiger partial charge in [0, 0.05) is 29.8 Å². The first-order chi connectivity index (χ1) is 9.63. The molecule has 0 bridgehead atoms. The van der Waals surface area contributed by atoms with Crippen molar-refractivity contribution in [3.8, 4) is 23.0 Å². The van der Waals surface area contributed by atoms with Gasteiger partial charge >= 0.3 is 0 Å². The molecule has 1 atom stereocenters. The molecule has 0 saturated carbocycles. The van der Waals surface area contributed by atoms with Crippen LogP contribution in [0.5, 0.6) is 23.0 Å². The smallest absolute Gasteiger partial charge is 0.134 e.